The first kappa shape index (κ1) is 17.4. The Balaban J connectivity index is 5.78. The lowest BCUT2D eigenvalue weighted by Crippen LogP contribution is -2.62. The summed E-state index contributed by atoms with van der Waals surface area (Å²) in [6.07, 6.45) is 2.70. The number of carboxylic acid groups (broad SMARTS) is 1. The summed E-state index contributed by atoms with van der Waals surface area (Å²) in [5.41, 5.74) is 1.68. The van der Waals surface area contributed by atoms with Crippen molar-refractivity contribution >= 4 is 11.9 Å². The molecule has 5 heteroatoms. The van der Waals surface area contributed by atoms with Gasteiger partial charge in [-0.3, -0.25) is 9.59 Å². The summed E-state index contributed by atoms with van der Waals surface area (Å²) in [5.74, 6) is -2.03. The maximum Gasteiger partial charge on any atom is 0.324 e. The second-order valence-electron chi connectivity index (χ2n) is 5.68. The largest absolute Gasteiger partial charge is 0.480 e. The molecule has 3 N–H and O–H groups in total. The van der Waals surface area contributed by atoms with Crippen LogP contribution in [-0.4, -0.2) is 28.2 Å². The molecule has 0 fully saturated rings. The summed E-state index contributed by atoms with van der Waals surface area (Å²) in [5, 5.41) is 9.27. The quantitative estimate of drug-likeness (QED) is 0.567. The average molecular weight is 269 g/mol. The Morgan fingerprint density at radius 3 is 2.00 bits per heavy atom. The smallest absolute Gasteiger partial charge is 0.324 e. The molecule has 0 radical (unpaired) electrons. The van der Waals surface area contributed by atoms with Crippen LogP contribution in [0.15, 0.2) is 25.3 Å². The van der Waals surface area contributed by atoms with Crippen molar-refractivity contribution in [1.82, 2.24) is 0 Å². The van der Waals surface area contributed by atoms with Gasteiger partial charge in [0.2, 0.25) is 0 Å². The van der Waals surface area contributed by atoms with Gasteiger partial charge in [0.25, 0.3) is 0 Å². The third-order valence-electron chi connectivity index (χ3n) is 2.95. The van der Waals surface area contributed by atoms with Crippen molar-refractivity contribution in [3.63, 3.8) is 0 Å². The second kappa shape index (κ2) is 5.57. The SMILES string of the molecule is C=CCC(C=C)(C(=O)OC(C)(C)C)C(C)(N)C(=O)O. The van der Waals surface area contributed by atoms with Gasteiger partial charge in [-0.15, -0.1) is 13.2 Å². The molecule has 0 bridgehead atoms. The Hall–Kier alpha value is -1.62. The van der Waals surface area contributed by atoms with E-state index in [9.17, 15) is 14.7 Å². The van der Waals surface area contributed by atoms with Gasteiger partial charge < -0.3 is 15.6 Å². The van der Waals surface area contributed by atoms with Gasteiger partial charge in [0.05, 0.1) is 0 Å². The van der Waals surface area contributed by atoms with Gasteiger partial charge in [-0.05, 0) is 34.1 Å². The average Bonchev–Trinajstić information content (AvgIpc) is 2.22. The van der Waals surface area contributed by atoms with Crippen LogP contribution in [0.5, 0.6) is 0 Å². The molecule has 0 aromatic carbocycles. The fraction of sp³-hybridized carbons (Fsp3) is 0.571. The molecule has 0 heterocycles. The van der Waals surface area contributed by atoms with Crippen molar-refractivity contribution in [2.75, 3.05) is 0 Å². The number of carbonyl (C=O) groups excluding carboxylic acids is 1. The zero-order valence-electron chi connectivity index (χ0n) is 12.0. The number of carboxylic acids is 1. The lowest BCUT2D eigenvalue weighted by molar-refractivity contribution is -0.173. The lowest BCUT2D eigenvalue weighted by atomic mass is 9.68. The van der Waals surface area contributed by atoms with Crippen LogP contribution < -0.4 is 5.73 Å². The van der Waals surface area contributed by atoms with E-state index in [0.717, 1.165) is 0 Å². The van der Waals surface area contributed by atoms with E-state index in [-0.39, 0.29) is 6.42 Å². The molecule has 0 saturated heterocycles. The van der Waals surface area contributed by atoms with Crippen LogP contribution in [0.3, 0.4) is 0 Å². The first-order valence-electron chi connectivity index (χ1n) is 5.95. The summed E-state index contributed by atoms with van der Waals surface area (Å²) in [7, 11) is 0. The molecule has 0 aromatic heterocycles. The first-order chi connectivity index (χ1) is 8.44. The van der Waals surface area contributed by atoms with Gasteiger partial charge in [0, 0.05) is 0 Å². The molecule has 0 saturated carbocycles. The van der Waals surface area contributed by atoms with Gasteiger partial charge >= 0.3 is 11.9 Å². The van der Waals surface area contributed by atoms with Crippen molar-refractivity contribution in [3.8, 4) is 0 Å². The Morgan fingerprint density at radius 1 is 1.26 bits per heavy atom. The monoisotopic (exact) mass is 269 g/mol. The van der Waals surface area contributed by atoms with Crippen LogP contribution in [0.25, 0.3) is 0 Å². The number of esters is 1. The van der Waals surface area contributed by atoms with E-state index < -0.39 is 28.5 Å². The fourth-order valence-corrected chi connectivity index (χ4v) is 1.67. The molecule has 19 heavy (non-hydrogen) atoms. The molecule has 5 nitrogen and oxygen atoms in total. The molecule has 0 amide bonds. The Labute approximate surface area is 114 Å². The van der Waals surface area contributed by atoms with Crippen LogP contribution in [-0.2, 0) is 14.3 Å². The van der Waals surface area contributed by atoms with Gasteiger partial charge in [0.15, 0.2) is 0 Å². The second-order valence-corrected chi connectivity index (χ2v) is 5.68. The van der Waals surface area contributed by atoms with E-state index in [1.165, 1.54) is 19.1 Å². The highest BCUT2D eigenvalue weighted by Gasteiger charge is 2.55. The minimum Gasteiger partial charge on any atom is -0.480 e. The predicted octanol–water partition coefficient (Wildman–Crippen LogP) is 1.88. The van der Waals surface area contributed by atoms with Crippen LogP contribution >= 0.6 is 0 Å². The molecule has 0 aliphatic carbocycles. The lowest BCUT2D eigenvalue weighted by Gasteiger charge is -2.40. The van der Waals surface area contributed by atoms with Gasteiger partial charge in [0.1, 0.15) is 16.6 Å². The minimum absolute atomic E-state index is 0.0325. The molecule has 0 aliphatic heterocycles. The molecule has 0 spiro atoms. The third kappa shape index (κ3) is 3.44. The van der Waals surface area contributed by atoms with Crippen molar-refractivity contribution in [3.05, 3.63) is 25.3 Å². The van der Waals surface area contributed by atoms with E-state index in [1.54, 1.807) is 20.8 Å². The molecular weight excluding hydrogens is 246 g/mol. The molecule has 0 aromatic rings. The van der Waals surface area contributed by atoms with Crippen molar-refractivity contribution < 1.29 is 19.4 Å². The van der Waals surface area contributed by atoms with Crippen molar-refractivity contribution in [1.29, 1.82) is 0 Å². The number of ether oxygens (including phenoxy) is 1. The zero-order valence-corrected chi connectivity index (χ0v) is 12.0. The molecule has 2 unspecified atom stereocenters. The van der Waals surface area contributed by atoms with E-state index in [2.05, 4.69) is 13.2 Å². The van der Waals surface area contributed by atoms with E-state index in [4.69, 9.17) is 10.5 Å². The number of carbonyl (C=O) groups is 2. The molecule has 0 aliphatic rings. The summed E-state index contributed by atoms with van der Waals surface area (Å²) in [4.78, 5) is 23.7. The van der Waals surface area contributed by atoms with Gasteiger partial charge in [-0.25, -0.2) is 0 Å². The van der Waals surface area contributed by atoms with E-state index in [0.29, 0.717) is 0 Å². The van der Waals surface area contributed by atoms with Gasteiger partial charge in [-0.1, -0.05) is 12.2 Å². The zero-order chi connectivity index (χ0) is 15.5. The summed E-state index contributed by atoms with van der Waals surface area (Å²) in [6.45, 7) is 13.5. The Morgan fingerprint density at radius 2 is 1.74 bits per heavy atom. The highest BCUT2D eigenvalue weighted by molar-refractivity contribution is 5.92. The van der Waals surface area contributed by atoms with Crippen molar-refractivity contribution in [2.45, 2.75) is 45.3 Å². The van der Waals surface area contributed by atoms with Crippen LogP contribution in [0, 0.1) is 5.41 Å². The van der Waals surface area contributed by atoms with Crippen molar-refractivity contribution in [2.24, 2.45) is 11.1 Å². The Bertz CT molecular complexity index is 393. The molecule has 0 rings (SSSR count). The third-order valence-corrected chi connectivity index (χ3v) is 2.95. The maximum atomic E-state index is 12.4. The molecule has 2 atom stereocenters. The first-order valence-corrected chi connectivity index (χ1v) is 5.95. The molecule has 108 valence electrons. The summed E-state index contributed by atoms with van der Waals surface area (Å²) in [6, 6.07) is 0. The highest BCUT2D eigenvalue weighted by atomic mass is 16.6. The topological polar surface area (TPSA) is 89.6 Å². The predicted molar refractivity (Wildman–Crippen MR) is 73.5 cm³/mol. The number of hydrogen-bond acceptors (Lipinski definition) is 4. The van der Waals surface area contributed by atoms with E-state index >= 15 is 0 Å². The Kier molecular flexibility index (Phi) is 5.09. The number of rotatable bonds is 6. The number of nitrogens with two attached hydrogens (primary N) is 1. The summed E-state index contributed by atoms with van der Waals surface area (Å²) >= 11 is 0. The minimum atomic E-state index is -1.84. The molecular formula is C14H23NO4. The maximum absolute atomic E-state index is 12.4. The fourth-order valence-electron chi connectivity index (χ4n) is 1.67. The van der Waals surface area contributed by atoms with E-state index in [1.807, 2.05) is 0 Å². The van der Waals surface area contributed by atoms with Crippen LogP contribution in [0.4, 0.5) is 0 Å². The number of allylic oxidation sites excluding steroid dienone is 1. The van der Waals surface area contributed by atoms with Crippen LogP contribution in [0.1, 0.15) is 34.1 Å². The summed E-state index contributed by atoms with van der Waals surface area (Å²) < 4.78 is 5.28. The number of hydrogen-bond donors (Lipinski definition) is 2. The highest BCUT2D eigenvalue weighted by Crippen LogP contribution is 2.38. The normalized spacial score (nSPS) is 17.7. The van der Waals surface area contributed by atoms with Gasteiger partial charge in [-0.2, -0.15) is 0 Å². The standard InChI is InChI=1S/C14H23NO4/c1-7-9-14(8-2,13(6,15)10(16)17)11(18)19-12(3,4)5/h7-8H,1-2,9,15H2,3-6H3,(H,16,17). The number of aliphatic carboxylic acids is 1. The van der Waals surface area contributed by atoms with Crippen LogP contribution in [0.2, 0.25) is 0 Å².